The topological polar surface area (TPSA) is 59.1 Å². The van der Waals surface area contributed by atoms with E-state index in [1.54, 1.807) is 4.90 Å². The van der Waals surface area contributed by atoms with Crippen molar-refractivity contribution in [1.82, 2.24) is 4.90 Å². The van der Waals surface area contributed by atoms with Gasteiger partial charge in [0.05, 0.1) is 0 Å². The highest BCUT2D eigenvalue weighted by Gasteiger charge is 2.21. The Labute approximate surface area is 152 Å². The number of anilines is 1. The molecule has 1 aliphatic rings. The summed E-state index contributed by atoms with van der Waals surface area (Å²) in [7, 11) is 0. The van der Waals surface area contributed by atoms with E-state index in [1.807, 2.05) is 55.5 Å². The SMILES string of the molecule is CCN(C(=O)CN(Cc1ccc2c(c1)OCO2)C(C)=O)c1ccccc1. The summed E-state index contributed by atoms with van der Waals surface area (Å²) in [5, 5.41) is 0. The van der Waals surface area contributed by atoms with E-state index in [4.69, 9.17) is 9.47 Å². The van der Waals surface area contributed by atoms with Crippen molar-refractivity contribution in [3.63, 3.8) is 0 Å². The average molecular weight is 354 g/mol. The van der Waals surface area contributed by atoms with Crippen molar-refractivity contribution in [3.05, 3.63) is 54.1 Å². The number of likely N-dealkylation sites (N-methyl/N-ethyl adjacent to an activating group) is 1. The largest absolute Gasteiger partial charge is 0.454 e. The molecule has 26 heavy (non-hydrogen) atoms. The maximum atomic E-state index is 12.8. The third-order valence-electron chi connectivity index (χ3n) is 4.27. The minimum absolute atomic E-state index is 0.0203. The van der Waals surface area contributed by atoms with Crippen LogP contribution in [-0.4, -0.2) is 36.6 Å². The van der Waals surface area contributed by atoms with Crippen molar-refractivity contribution in [2.24, 2.45) is 0 Å². The molecule has 0 N–H and O–H groups in total. The summed E-state index contributed by atoms with van der Waals surface area (Å²) >= 11 is 0. The summed E-state index contributed by atoms with van der Waals surface area (Å²) in [4.78, 5) is 28.0. The number of carbonyl (C=O) groups excluding carboxylic acids is 2. The first-order valence-corrected chi connectivity index (χ1v) is 8.58. The molecular weight excluding hydrogens is 332 g/mol. The van der Waals surface area contributed by atoms with E-state index in [2.05, 4.69) is 0 Å². The van der Waals surface area contributed by atoms with Gasteiger partial charge in [-0.1, -0.05) is 24.3 Å². The quantitative estimate of drug-likeness (QED) is 0.800. The Bertz CT molecular complexity index is 792. The van der Waals surface area contributed by atoms with Gasteiger partial charge < -0.3 is 19.3 Å². The van der Waals surface area contributed by atoms with Gasteiger partial charge in [0.2, 0.25) is 18.6 Å². The molecule has 0 fully saturated rings. The van der Waals surface area contributed by atoms with Crippen LogP contribution in [0.15, 0.2) is 48.5 Å². The third kappa shape index (κ3) is 3.96. The van der Waals surface area contributed by atoms with Gasteiger partial charge >= 0.3 is 0 Å². The van der Waals surface area contributed by atoms with Gasteiger partial charge in [0.15, 0.2) is 11.5 Å². The van der Waals surface area contributed by atoms with Crippen LogP contribution in [0.2, 0.25) is 0 Å². The fraction of sp³-hybridized carbons (Fsp3) is 0.300. The lowest BCUT2D eigenvalue weighted by atomic mass is 10.2. The van der Waals surface area contributed by atoms with Crippen molar-refractivity contribution in [2.75, 3.05) is 24.8 Å². The van der Waals surface area contributed by atoms with Gasteiger partial charge in [-0.25, -0.2) is 0 Å². The second kappa shape index (κ2) is 7.91. The highest BCUT2D eigenvalue weighted by Crippen LogP contribution is 2.32. The molecule has 3 rings (SSSR count). The number of amides is 2. The summed E-state index contributed by atoms with van der Waals surface area (Å²) in [6.07, 6.45) is 0. The van der Waals surface area contributed by atoms with E-state index in [-0.39, 0.29) is 25.2 Å². The minimum Gasteiger partial charge on any atom is -0.454 e. The number of fused-ring (bicyclic) bond motifs is 1. The molecule has 2 aromatic carbocycles. The number of hydrogen-bond acceptors (Lipinski definition) is 4. The molecule has 6 nitrogen and oxygen atoms in total. The lowest BCUT2D eigenvalue weighted by molar-refractivity contribution is -0.134. The first-order valence-electron chi connectivity index (χ1n) is 8.58. The number of nitrogens with zero attached hydrogens (tertiary/aromatic N) is 2. The Balaban J connectivity index is 1.72. The van der Waals surface area contributed by atoms with Gasteiger partial charge in [-0.2, -0.15) is 0 Å². The smallest absolute Gasteiger partial charge is 0.246 e. The number of benzene rings is 2. The molecule has 0 spiro atoms. The molecule has 0 saturated carbocycles. The average Bonchev–Trinajstić information content (AvgIpc) is 3.10. The van der Waals surface area contributed by atoms with Crippen LogP contribution in [0.1, 0.15) is 19.4 Å². The Morgan fingerprint density at radius 3 is 2.46 bits per heavy atom. The van der Waals surface area contributed by atoms with E-state index in [0.29, 0.717) is 24.6 Å². The van der Waals surface area contributed by atoms with Crippen LogP contribution in [-0.2, 0) is 16.1 Å². The maximum Gasteiger partial charge on any atom is 0.246 e. The molecule has 0 aliphatic carbocycles. The Kier molecular flexibility index (Phi) is 5.41. The lowest BCUT2D eigenvalue weighted by Gasteiger charge is -2.26. The van der Waals surface area contributed by atoms with Crippen LogP contribution in [0.3, 0.4) is 0 Å². The first-order chi connectivity index (χ1) is 12.6. The summed E-state index contributed by atoms with van der Waals surface area (Å²) in [6, 6.07) is 15.0. The summed E-state index contributed by atoms with van der Waals surface area (Å²) in [5.74, 6) is 1.09. The molecule has 0 saturated heterocycles. The number of para-hydroxylation sites is 1. The van der Waals surface area contributed by atoms with Gasteiger partial charge in [-0.3, -0.25) is 9.59 Å². The molecule has 0 bridgehead atoms. The number of ether oxygens (including phenoxy) is 2. The zero-order chi connectivity index (χ0) is 18.5. The highest BCUT2D eigenvalue weighted by atomic mass is 16.7. The molecule has 0 radical (unpaired) electrons. The normalized spacial score (nSPS) is 11.9. The zero-order valence-corrected chi connectivity index (χ0v) is 15.0. The highest BCUT2D eigenvalue weighted by molar-refractivity contribution is 5.96. The molecule has 0 atom stereocenters. The van der Waals surface area contributed by atoms with Gasteiger partial charge in [0.25, 0.3) is 0 Å². The molecule has 136 valence electrons. The fourth-order valence-corrected chi connectivity index (χ4v) is 2.90. The Morgan fingerprint density at radius 2 is 1.77 bits per heavy atom. The van der Waals surface area contributed by atoms with Crippen molar-refractivity contribution in [2.45, 2.75) is 20.4 Å². The Hall–Kier alpha value is -3.02. The molecule has 6 heteroatoms. The zero-order valence-electron chi connectivity index (χ0n) is 15.0. The van der Waals surface area contributed by atoms with E-state index >= 15 is 0 Å². The molecular formula is C20H22N2O4. The second-order valence-electron chi connectivity index (χ2n) is 6.04. The van der Waals surface area contributed by atoms with Crippen molar-refractivity contribution >= 4 is 17.5 Å². The fourth-order valence-electron chi connectivity index (χ4n) is 2.90. The molecule has 2 amide bonds. The first kappa shape index (κ1) is 17.8. The van der Waals surface area contributed by atoms with Crippen LogP contribution < -0.4 is 14.4 Å². The second-order valence-corrected chi connectivity index (χ2v) is 6.04. The van der Waals surface area contributed by atoms with Crippen LogP contribution in [0, 0.1) is 0 Å². The summed E-state index contributed by atoms with van der Waals surface area (Å²) in [5.41, 5.74) is 1.71. The summed E-state index contributed by atoms with van der Waals surface area (Å²) < 4.78 is 10.7. The van der Waals surface area contributed by atoms with Gasteiger partial charge in [0.1, 0.15) is 6.54 Å². The number of carbonyl (C=O) groups is 2. The van der Waals surface area contributed by atoms with Crippen LogP contribution in [0.25, 0.3) is 0 Å². The van der Waals surface area contributed by atoms with Gasteiger partial charge in [-0.15, -0.1) is 0 Å². The predicted molar refractivity (Wildman–Crippen MR) is 98.1 cm³/mol. The van der Waals surface area contributed by atoms with Gasteiger partial charge in [-0.05, 0) is 36.8 Å². The van der Waals surface area contributed by atoms with E-state index in [0.717, 1.165) is 11.3 Å². The monoisotopic (exact) mass is 354 g/mol. The van der Waals surface area contributed by atoms with E-state index in [1.165, 1.54) is 11.8 Å². The molecule has 1 heterocycles. The summed E-state index contributed by atoms with van der Waals surface area (Å²) in [6.45, 7) is 4.49. The van der Waals surface area contributed by atoms with Crippen LogP contribution in [0.4, 0.5) is 5.69 Å². The van der Waals surface area contributed by atoms with Crippen LogP contribution >= 0.6 is 0 Å². The van der Waals surface area contributed by atoms with Crippen molar-refractivity contribution in [3.8, 4) is 11.5 Å². The van der Waals surface area contributed by atoms with E-state index in [9.17, 15) is 9.59 Å². The third-order valence-corrected chi connectivity index (χ3v) is 4.27. The Morgan fingerprint density at radius 1 is 1.04 bits per heavy atom. The number of hydrogen-bond donors (Lipinski definition) is 0. The van der Waals surface area contributed by atoms with Crippen molar-refractivity contribution < 1.29 is 19.1 Å². The molecule has 1 aliphatic heterocycles. The standard InChI is InChI=1S/C20H22N2O4/c1-3-22(17-7-5-4-6-8-17)20(24)13-21(15(2)23)12-16-9-10-18-19(11-16)26-14-25-18/h4-11H,3,12-14H2,1-2H3. The molecule has 0 unspecified atom stereocenters. The lowest BCUT2D eigenvalue weighted by Crippen LogP contribution is -2.42. The minimum atomic E-state index is -0.153. The van der Waals surface area contributed by atoms with Crippen molar-refractivity contribution in [1.29, 1.82) is 0 Å². The molecule has 0 aromatic heterocycles. The number of rotatable bonds is 6. The maximum absolute atomic E-state index is 12.8. The van der Waals surface area contributed by atoms with E-state index < -0.39 is 0 Å². The predicted octanol–water partition coefficient (Wildman–Crippen LogP) is 2.82. The van der Waals surface area contributed by atoms with Gasteiger partial charge in [0, 0.05) is 25.7 Å². The molecule has 2 aromatic rings. The van der Waals surface area contributed by atoms with Crippen LogP contribution in [0.5, 0.6) is 11.5 Å².